The summed E-state index contributed by atoms with van der Waals surface area (Å²) >= 11 is 0. The molecule has 4 rings (SSSR count). The van der Waals surface area contributed by atoms with Crippen molar-refractivity contribution in [1.82, 2.24) is 14.6 Å². The predicted octanol–water partition coefficient (Wildman–Crippen LogP) is 4.69. The van der Waals surface area contributed by atoms with Gasteiger partial charge in [0.05, 0.1) is 16.5 Å². The highest BCUT2D eigenvalue weighted by atomic mass is 32.2. The molecule has 2 aliphatic rings. The van der Waals surface area contributed by atoms with Crippen LogP contribution in [0.3, 0.4) is 0 Å². The first-order valence-corrected chi connectivity index (χ1v) is 13.0. The molecule has 1 atom stereocenters. The topological polar surface area (TPSA) is 79.4 Å². The van der Waals surface area contributed by atoms with Crippen molar-refractivity contribution in [2.24, 2.45) is 5.92 Å². The number of benzene rings is 1. The quantitative estimate of drug-likeness (QED) is 0.653. The molecule has 2 fully saturated rings. The Balaban J connectivity index is 1.36. The minimum atomic E-state index is -4.52. The SMILES string of the molecule is O=C([C@H]1CC[C@H](NS(=O)(=O)c2ccc(C(F)(F)F)cc2)CC1)N1CCCCC1c1cccnc1. The average Bonchev–Trinajstić information content (AvgIpc) is 2.84. The molecular weight excluding hydrogens is 467 g/mol. The molecule has 1 aliphatic carbocycles. The Morgan fingerprint density at radius 3 is 2.32 bits per heavy atom. The van der Waals surface area contributed by atoms with Crippen molar-refractivity contribution in [3.8, 4) is 0 Å². The van der Waals surface area contributed by atoms with Gasteiger partial charge in [-0.2, -0.15) is 13.2 Å². The number of amides is 1. The first-order valence-electron chi connectivity index (χ1n) is 11.5. The van der Waals surface area contributed by atoms with Crippen LogP contribution in [0, 0.1) is 5.92 Å². The van der Waals surface area contributed by atoms with Gasteiger partial charge in [0.1, 0.15) is 0 Å². The molecule has 0 radical (unpaired) electrons. The van der Waals surface area contributed by atoms with Crippen molar-refractivity contribution < 1.29 is 26.4 Å². The zero-order valence-electron chi connectivity index (χ0n) is 18.7. The number of piperidine rings is 1. The maximum Gasteiger partial charge on any atom is 0.416 e. The van der Waals surface area contributed by atoms with Gasteiger partial charge in [-0.15, -0.1) is 0 Å². The molecule has 1 N–H and O–H groups in total. The van der Waals surface area contributed by atoms with Gasteiger partial charge in [-0.1, -0.05) is 6.07 Å². The summed E-state index contributed by atoms with van der Waals surface area (Å²) in [6.07, 6.45) is 4.06. The lowest BCUT2D eigenvalue weighted by Crippen LogP contribution is -2.45. The Hall–Kier alpha value is -2.46. The lowest BCUT2D eigenvalue weighted by molar-refractivity contribution is -0.140. The van der Waals surface area contributed by atoms with E-state index in [9.17, 15) is 26.4 Å². The number of nitrogens with one attached hydrogen (secondary N) is 1. The Labute approximate surface area is 197 Å². The zero-order chi connectivity index (χ0) is 24.3. The van der Waals surface area contributed by atoms with Crippen LogP contribution in [0.25, 0.3) is 0 Å². The summed E-state index contributed by atoms with van der Waals surface area (Å²) < 4.78 is 66.1. The van der Waals surface area contributed by atoms with E-state index in [1.165, 1.54) is 0 Å². The van der Waals surface area contributed by atoms with Crippen molar-refractivity contribution >= 4 is 15.9 Å². The van der Waals surface area contributed by atoms with Crippen molar-refractivity contribution in [2.75, 3.05) is 6.54 Å². The van der Waals surface area contributed by atoms with Crippen molar-refractivity contribution in [3.05, 3.63) is 59.9 Å². The third kappa shape index (κ3) is 5.60. The fraction of sp³-hybridized carbons (Fsp3) is 0.500. The van der Waals surface area contributed by atoms with Crippen molar-refractivity contribution in [1.29, 1.82) is 0 Å². The van der Waals surface area contributed by atoms with E-state index in [0.29, 0.717) is 32.2 Å². The Morgan fingerprint density at radius 1 is 1.00 bits per heavy atom. The van der Waals surface area contributed by atoms with E-state index in [4.69, 9.17) is 0 Å². The van der Waals surface area contributed by atoms with E-state index in [1.807, 2.05) is 23.2 Å². The molecule has 10 heteroatoms. The highest BCUT2D eigenvalue weighted by Crippen LogP contribution is 2.35. The van der Waals surface area contributed by atoms with Gasteiger partial charge in [0, 0.05) is 30.9 Å². The molecule has 0 bridgehead atoms. The second-order valence-corrected chi connectivity index (χ2v) is 10.7. The van der Waals surface area contributed by atoms with Crippen LogP contribution in [-0.2, 0) is 21.0 Å². The summed E-state index contributed by atoms with van der Waals surface area (Å²) in [6, 6.07) is 7.00. The summed E-state index contributed by atoms with van der Waals surface area (Å²) in [7, 11) is -3.94. The number of sulfonamides is 1. The molecule has 184 valence electrons. The van der Waals surface area contributed by atoms with Gasteiger partial charge in [-0.25, -0.2) is 13.1 Å². The van der Waals surface area contributed by atoms with E-state index in [1.54, 1.807) is 6.20 Å². The van der Waals surface area contributed by atoms with E-state index >= 15 is 0 Å². The number of carbonyl (C=O) groups is 1. The molecule has 1 amide bonds. The fourth-order valence-corrected chi connectivity index (χ4v) is 6.22. The van der Waals surface area contributed by atoms with E-state index in [2.05, 4.69) is 9.71 Å². The van der Waals surface area contributed by atoms with Crippen LogP contribution in [-0.4, -0.2) is 36.8 Å². The molecule has 1 saturated heterocycles. The average molecular weight is 496 g/mol. The smallest absolute Gasteiger partial charge is 0.335 e. The number of carbonyl (C=O) groups excluding carboxylic acids is 1. The minimum absolute atomic E-state index is 0.0193. The van der Waals surface area contributed by atoms with Gasteiger partial charge in [0.25, 0.3) is 0 Å². The summed E-state index contributed by atoms with van der Waals surface area (Å²) in [6.45, 7) is 0.707. The fourth-order valence-electron chi connectivity index (χ4n) is 4.92. The van der Waals surface area contributed by atoms with Crippen molar-refractivity contribution in [2.45, 2.75) is 68.1 Å². The maximum atomic E-state index is 13.3. The van der Waals surface area contributed by atoms with E-state index < -0.39 is 21.8 Å². The van der Waals surface area contributed by atoms with Gasteiger partial charge in [-0.3, -0.25) is 9.78 Å². The maximum absolute atomic E-state index is 13.3. The van der Waals surface area contributed by atoms with Crippen LogP contribution >= 0.6 is 0 Å². The zero-order valence-corrected chi connectivity index (χ0v) is 19.5. The number of likely N-dealkylation sites (tertiary alicyclic amines) is 1. The molecule has 34 heavy (non-hydrogen) atoms. The number of rotatable bonds is 5. The largest absolute Gasteiger partial charge is 0.416 e. The normalized spacial score (nSPS) is 24.1. The summed E-state index contributed by atoms with van der Waals surface area (Å²) in [5, 5.41) is 0. The second kappa shape index (κ2) is 10.0. The van der Waals surface area contributed by atoms with Crippen LogP contribution in [0.2, 0.25) is 0 Å². The number of alkyl halides is 3. The molecule has 1 aromatic heterocycles. The molecule has 2 heterocycles. The van der Waals surface area contributed by atoms with E-state index in [0.717, 1.165) is 49.1 Å². The number of hydrogen-bond donors (Lipinski definition) is 1. The van der Waals surface area contributed by atoms with Crippen LogP contribution < -0.4 is 4.72 Å². The number of halogens is 3. The standard InChI is InChI=1S/C24H28F3N3O3S/c25-24(26,27)19-8-12-21(13-9-19)34(32,33)29-20-10-6-17(7-11-20)23(31)30-15-2-1-5-22(30)18-4-3-14-28-16-18/h3-4,8-9,12-14,16-17,20,22,29H,1-2,5-7,10-11,15H2/t17-,20-,22?. The molecule has 1 unspecified atom stereocenters. The third-order valence-corrected chi connectivity index (χ3v) is 8.28. The van der Waals surface area contributed by atoms with Gasteiger partial charge >= 0.3 is 6.18 Å². The number of pyridine rings is 1. The van der Waals surface area contributed by atoms with Crippen LogP contribution in [0.15, 0.2) is 53.7 Å². The van der Waals surface area contributed by atoms with Crippen molar-refractivity contribution in [3.63, 3.8) is 0 Å². The van der Waals surface area contributed by atoms with Gasteiger partial charge in [0.2, 0.25) is 15.9 Å². The summed E-state index contributed by atoms with van der Waals surface area (Å²) in [5.74, 6) is -0.0540. The first kappa shape index (κ1) is 24.7. The third-order valence-electron chi connectivity index (χ3n) is 6.75. The van der Waals surface area contributed by atoms with Crippen LogP contribution in [0.5, 0.6) is 0 Å². The first-order chi connectivity index (χ1) is 16.1. The van der Waals surface area contributed by atoms with Crippen LogP contribution in [0.4, 0.5) is 13.2 Å². The molecule has 1 aromatic carbocycles. The highest BCUT2D eigenvalue weighted by molar-refractivity contribution is 7.89. The number of nitrogens with zero attached hydrogens (tertiary/aromatic N) is 2. The Kier molecular flexibility index (Phi) is 7.28. The molecule has 1 aliphatic heterocycles. The van der Waals surface area contributed by atoms with Crippen LogP contribution in [0.1, 0.15) is 62.1 Å². The number of hydrogen-bond acceptors (Lipinski definition) is 4. The number of aromatic nitrogens is 1. The summed E-state index contributed by atoms with van der Waals surface area (Å²) in [4.78, 5) is 19.3. The molecule has 6 nitrogen and oxygen atoms in total. The second-order valence-electron chi connectivity index (χ2n) is 9.02. The minimum Gasteiger partial charge on any atom is -0.335 e. The highest BCUT2D eigenvalue weighted by Gasteiger charge is 2.36. The Bertz CT molecular complexity index is 1080. The van der Waals surface area contributed by atoms with E-state index in [-0.39, 0.29) is 28.8 Å². The van der Waals surface area contributed by atoms with Gasteiger partial charge < -0.3 is 4.90 Å². The molecule has 1 saturated carbocycles. The van der Waals surface area contributed by atoms with Gasteiger partial charge in [0.15, 0.2) is 0 Å². The van der Waals surface area contributed by atoms with Gasteiger partial charge in [-0.05, 0) is 80.8 Å². The lowest BCUT2D eigenvalue weighted by Gasteiger charge is -2.39. The Morgan fingerprint density at radius 2 is 1.71 bits per heavy atom. The molecule has 0 spiro atoms. The molecule has 2 aromatic rings. The monoisotopic (exact) mass is 495 g/mol. The molecular formula is C24H28F3N3O3S. The summed E-state index contributed by atoms with van der Waals surface area (Å²) in [5.41, 5.74) is 0.140. The lowest BCUT2D eigenvalue weighted by atomic mass is 9.84. The predicted molar refractivity (Wildman–Crippen MR) is 120 cm³/mol.